The molecule has 2 aromatic rings. The van der Waals surface area contributed by atoms with Crippen LogP contribution in [0.4, 0.5) is 23.2 Å². The van der Waals surface area contributed by atoms with E-state index in [9.17, 15) is 17.6 Å². The quantitative estimate of drug-likeness (QED) is 0.479. The first-order valence-corrected chi connectivity index (χ1v) is 5.46. The van der Waals surface area contributed by atoms with Gasteiger partial charge in [0.1, 0.15) is 11.5 Å². The summed E-state index contributed by atoms with van der Waals surface area (Å²) in [4.78, 5) is 3.48. The van der Waals surface area contributed by atoms with Crippen LogP contribution in [0.25, 0.3) is 10.9 Å². The topological polar surface area (TPSA) is 50.9 Å². The summed E-state index contributed by atoms with van der Waals surface area (Å²) in [6.07, 6.45) is -4.65. The Hall–Kier alpha value is -1.60. The number of alkyl halides is 3. The molecule has 1 aromatic carbocycles. The molecule has 102 valence electrons. The number of hydrogen-bond acceptors (Lipinski definition) is 3. The van der Waals surface area contributed by atoms with Crippen molar-refractivity contribution in [3.63, 3.8) is 0 Å². The monoisotopic (exact) mass is 293 g/mol. The number of nitrogen functional groups attached to an aromatic ring is 1. The Balaban J connectivity index is 2.95. The maximum atomic E-state index is 13.3. The highest BCUT2D eigenvalue weighted by Gasteiger charge is 2.36. The highest BCUT2D eigenvalue weighted by molar-refractivity contribution is 6.35. The molecule has 3 N–H and O–H groups in total. The van der Waals surface area contributed by atoms with Gasteiger partial charge in [-0.1, -0.05) is 11.6 Å². The summed E-state index contributed by atoms with van der Waals surface area (Å²) in [6.45, 7) is 1.20. The van der Waals surface area contributed by atoms with Gasteiger partial charge in [0.15, 0.2) is 0 Å². The van der Waals surface area contributed by atoms with E-state index in [1.54, 1.807) is 0 Å². The van der Waals surface area contributed by atoms with Crippen LogP contribution < -0.4 is 11.3 Å². The molecule has 0 unspecified atom stereocenters. The van der Waals surface area contributed by atoms with Crippen molar-refractivity contribution < 1.29 is 17.6 Å². The number of nitrogens with one attached hydrogen (secondary N) is 1. The van der Waals surface area contributed by atoms with Gasteiger partial charge < -0.3 is 5.43 Å². The molecule has 8 heteroatoms. The van der Waals surface area contributed by atoms with Gasteiger partial charge in [-0.15, -0.1) is 0 Å². The summed E-state index contributed by atoms with van der Waals surface area (Å²) in [7, 11) is 0. The minimum atomic E-state index is -4.65. The van der Waals surface area contributed by atoms with E-state index >= 15 is 0 Å². The van der Waals surface area contributed by atoms with Gasteiger partial charge in [-0.05, 0) is 19.1 Å². The second kappa shape index (κ2) is 4.50. The van der Waals surface area contributed by atoms with Crippen LogP contribution in [0.15, 0.2) is 12.1 Å². The van der Waals surface area contributed by atoms with Crippen molar-refractivity contribution in [1.82, 2.24) is 4.98 Å². The molecule has 0 amide bonds. The third-order valence-electron chi connectivity index (χ3n) is 2.66. The second-order valence-electron chi connectivity index (χ2n) is 3.89. The zero-order valence-electron chi connectivity index (χ0n) is 9.57. The summed E-state index contributed by atoms with van der Waals surface area (Å²) >= 11 is 5.73. The number of pyridine rings is 1. The van der Waals surface area contributed by atoms with Crippen molar-refractivity contribution in [3.8, 4) is 0 Å². The van der Waals surface area contributed by atoms with E-state index < -0.39 is 17.7 Å². The molecule has 1 aromatic heterocycles. The van der Waals surface area contributed by atoms with Gasteiger partial charge in [0.05, 0.1) is 16.2 Å². The van der Waals surface area contributed by atoms with E-state index in [0.717, 1.165) is 12.1 Å². The summed E-state index contributed by atoms with van der Waals surface area (Å²) in [5.41, 5.74) is 0.597. The van der Waals surface area contributed by atoms with E-state index in [1.807, 2.05) is 0 Å². The number of rotatable bonds is 1. The number of anilines is 1. The standard InChI is InChI=1S/C11H8ClF4N3/c1-4-8(19-17)6-2-5(13)3-7(12)9(6)18-10(4)11(14,15)16/h2-3H,17H2,1H3,(H,18,19). The van der Waals surface area contributed by atoms with Gasteiger partial charge in [-0.2, -0.15) is 13.2 Å². The Morgan fingerprint density at radius 1 is 1.32 bits per heavy atom. The number of fused-ring (bicyclic) bond motifs is 1. The first kappa shape index (κ1) is 13.8. The van der Waals surface area contributed by atoms with E-state index in [1.165, 1.54) is 6.92 Å². The number of halogens is 5. The van der Waals surface area contributed by atoms with Crippen molar-refractivity contribution in [2.24, 2.45) is 5.84 Å². The van der Waals surface area contributed by atoms with Crippen molar-refractivity contribution in [2.75, 3.05) is 5.43 Å². The van der Waals surface area contributed by atoms with Crippen LogP contribution >= 0.6 is 11.6 Å². The fourth-order valence-electron chi connectivity index (χ4n) is 1.85. The van der Waals surface area contributed by atoms with E-state index in [4.69, 9.17) is 17.4 Å². The average molecular weight is 294 g/mol. The lowest BCUT2D eigenvalue weighted by Crippen LogP contribution is -2.16. The number of benzene rings is 1. The molecule has 19 heavy (non-hydrogen) atoms. The van der Waals surface area contributed by atoms with Gasteiger partial charge >= 0.3 is 6.18 Å². The number of nitrogens with zero attached hydrogens (tertiary/aromatic N) is 1. The van der Waals surface area contributed by atoms with Crippen LogP contribution in [-0.4, -0.2) is 4.98 Å². The molecule has 2 rings (SSSR count). The third-order valence-corrected chi connectivity index (χ3v) is 2.95. The molecule has 1 heterocycles. The van der Waals surface area contributed by atoms with Crippen molar-refractivity contribution in [1.29, 1.82) is 0 Å². The Bertz CT molecular complexity index is 655. The lowest BCUT2D eigenvalue weighted by molar-refractivity contribution is -0.141. The fourth-order valence-corrected chi connectivity index (χ4v) is 2.10. The minimum absolute atomic E-state index is 0.0567. The van der Waals surface area contributed by atoms with Crippen LogP contribution in [0.1, 0.15) is 11.3 Å². The molecule has 0 aliphatic carbocycles. The van der Waals surface area contributed by atoms with Gasteiger partial charge in [-0.3, -0.25) is 5.84 Å². The van der Waals surface area contributed by atoms with Gasteiger partial charge in [0.2, 0.25) is 0 Å². The first-order valence-electron chi connectivity index (χ1n) is 5.09. The number of aromatic nitrogens is 1. The van der Waals surface area contributed by atoms with Crippen molar-refractivity contribution in [2.45, 2.75) is 13.1 Å². The predicted octanol–water partition coefficient (Wildman–Crippen LogP) is 3.64. The molecule has 0 bridgehead atoms. The van der Waals surface area contributed by atoms with Crippen LogP contribution in [0, 0.1) is 12.7 Å². The molecule has 0 radical (unpaired) electrons. The minimum Gasteiger partial charge on any atom is -0.323 e. The Kier molecular flexibility index (Phi) is 3.27. The molecular formula is C11H8ClF4N3. The van der Waals surface area contributed by atoms with Crippen LogP contribution in [-0.2, 0) is 6.18 Å². The molecular weight excluding hydrogens is 286 g/mol. The smallest absolute Gasteiger partial charge is 0.323 e. The first-order chi connectivity index (χ1) is 8.75. The molecule has 0 fully saturated rings. The predicted molar refractivity (Wildman–Crippen MR) is 64.3 cm³/mol. The van der Waals surface area contributed by atoms with E-state index in [2.05, 4.69) is 10.4 Å². The average Bonchev–Trinajstić information content (AvgIpc) is 2.26. The highest BCUT2D eigenvalue weighted by Crippen LogP contribution is 2.38. The summed E-state index contributed by atoms with van der Waals surface area (Å²) in [5.74, 6) is 4.53. The van der Waals surface area contributed by atoms with Crippen molar-refractivity contribution in [3.05, 3.63) is 34.2 Å². The van der Waals surface area contributed by atoms with E-state index in [0.29, 0.717) is 0 Å². The largest absolute Gasteiger partial charge is 0.433 e. The molecule has 0 aliphatic heterocycles. The fraction of sp³-hybridized carbons (Fsp3) is 0.182. The maximum Gasteiger partial charge on any atom is 0.433 e. The Labute approximate surface area is 110 Å². The summed E-state index contributed by atoms with van der Waals surface area (Å²) in [6, 6.07) is 1.92. The van der Waals surface area contributed by atoms with Crippen LogP contribution in [0.2, 0.25) is 5.02 Å². The zero-order valence-corrected chi connectivity index (χ0v) is 10.3. The normalized spacial score (nSPS) is 11.9. The second-order valence-corrected chi connectivity index (χ2v) is 4.29. The Morgan fingerprint density at radius 3 is 2.47 bits per heavy atom. The lowest BCUT2D eigenvalue weighted by Gasteiger charge is -2.16. The highest BCUT2D eigenvalue weighted by atomic mass is 35.5. The third kappa shape index (κ3) is 2.31. The zero-order chi connectivity index (χ0) is 14.4. The SMILES string of the molecule is Cc1c(C(F)(F)F)nc2c(Cl)cc(F)cc2c1NN. The molecule has 0 saturated heterocycles. The van der Waals surface area contributed by atoms with Crippen molar-refractivity contribution >= 4 is 28.2 Å². The van der Waals surface area contributed by atoms with Gasteiger partial charge in [0.25, 0.3) is 0 Å². The lowest BCUT2D eigenvalue weighted by atomic mass is 10.1. The van der Waals surface area contributed by atoms with E-state index in [-0.39, 0.29) is 27.2 Å². The van der Waals surface area contributed by atoms with Crippen LogP contribution in [0.5, 0.6) is 0 Å². The molecule has 3 nitrogen and oxygen atoms in total. The summed E-state index contributed by atoms with van der Waals surface area (Å²) < 4.78 is 51.8. The maximum absolute atomic E-state index is 13.3. The van der Waals surface area contributed by atoms with Gasteiger partial charge in [0, 0.05) is 10.9 Å². The summed E-state index contributed by atoms with van der Waals surface area (Å²) in [5, 5.41) is -0.116. The number of hydrogen-bond donors (Lipinski definition) is 2. The molecule has 0 saturated carbocycles. The molecule has 0 atom stereocenters. The number of hydrazine groups is 1. The number of nitrogens with two attached hydrogens (primary N) is 1. The van der Waals surface area contributed by atoms with Crippen LogP contribution in [0.3, 0.4) is 0 Å². The molecule has 0 spiro atoms. The molecule has 0 aliphatic rings. The Morgan fingerprint density at radius 2 is 1.95 bits per heavy atom. The van der Waals surface area contributed by atoms with Gasteiger partial charge in [-0.25, -0.2) is 9.37 Å².